The minimum atomic E-state index is -2.23. The summed E-state index contributed by atoms with van der Waals surface area (Å²) in [5.41, 5.74) is 0. The van der Waals surface area contributed by atoms with Gasteiger partial charge in [0.05, 0.1) is 5.22 Å². The molecule has 0 aromatic carbocycles. The molecule has 1 atom stereocenters. The molecule has 0 saturated heterocycles. The molecule has 9 heteroatoms. The second-order valence-electron chi connectivity index (χ2n) is 9.69. The van der Waals surface area contributed by atoms with Gasteiger partial charge in [-0.05, 0) is 85.9 Å². The van der Waals surface area contributed by atoms with Crippen molar-refractivity contribution in [3.63, 3.8) is 0 Å². The van der Waals surface area contributed by atoms with E-state index in [1.165, 1.54) is 0 Å². The van der Waals surface area contributed by atoms with E-state index in [1.807, 2.05) is 0 Å². The second kappa shape index (κ2) is 7.66. The van der Waals surface area contributed by atoms with E-state index >= 15 is 0 Å². The molecule has 0 fully saturated rings. The zero-order valence-electron chi connectivity index (χ0n) is 17.7. The van der Waals surface area contributed by atoms with E-state index in [0.29, 0.717) is 0 Å². The highest BCUT2D eigenvalue weighted by Gasteiger charge is 2.43. The van der Waals surface area contributed by atoms with Crippen molar-refractivity contribution in [3.8, 4) is 0 Å². The fraction of sp³-hybridized carbons (Fsp3) is 1.00. The topological polar surface area (TPSA) is 36.9 Å². The molecule has 0 aliphatic heterocycles. The van der Waals surface area contributed by atoms with Crippen LogP contribution >= 0.6 is 0 Å². The van der Waals surface area contributed by atoms with E-state index in [1.54, 1.807) is 0 Å². The Morgan fingerprint density at radius 2 is 1.09 bits per heavy atom. The monoisotopic (exact) mass is 412 g/mol. The molecule has 0 saturated carbocycles. The largest absolute Gasteiger partial charge is 0.437 e. The van der Waals surface area contributed by atoms with Gasteiger partial charge in [0.15, 0.2) is 25.7 Å². The molecule has 1 unspecified atom stereocenters. The summed E-state index contributed by atoms with van der Waals surface area (Å²) in [6, 6.07) is 0. The van der Waals surface area contributed by atoms with Crippen LogP contribution in [0.4, 0.5) is 0 Å². The van der Waals surface area contributed by atoms with Gasteiger partial charge in [-0.2, -0.15) is 0 Å². The summed E-state index contributed by atoms with van der Waals surface area (Å²) in [4.78, 5) is 0. The molecule has 0 bridgehead atoms. The standard InChI is InChI=1S/C14H40O4Si5/c1-14(2,15-20(4,5)6)19(3)16-22(10,11)18-23(12,13)17-21(7,8)9/h19H,1-13H3. The first-order chi connectivity index (χ1) is 9.75. The molecule has 23 heavy (non-hydrogen) atoms. The Kier molecular flexibility index (Phi) is 7.97. The van der Waals surface area contributed by atoms with Crippen LogP contribution in [-0.4, -0.2) is 48.0 Å². The summed E-state index contributed by atoms with van der Waals surface area (Å²) in [5.74, 6) is 0. The minimum Gasteiger partial charge on any atom is -0.437 e. The van der Waals surface area contributed by atoms with Crippen molar-refractivity contribution in [3.05, 3.63) is 0 Å². The fourth-order valence-corrected chi connectivity index (χ4v) is 22.5. The van der Waals surface area contributed by atoms with Crippen molar-refractivity contribution in [2.75, 3.05) is 0 Å². The fourth-order valence-electron chi connectivity index (χ4n) is 2.81. The van der Waals surface area contributed by atoms with Crippen molar-refractivity contribution in [2.24, 2.45) is 0 Å². The maximum absolute atomic E-state index is 6.52. The molecule has 0 amide bonds. The van der Waals surface area contributed by atoms with Gasteiger partial charge >= 0.3 is 17.1 Å². The summed E-state index contributed by atoms with van der Waals surface area (Å²) < 4.78 is 25.7. The van der Waals surface area contributed by atoms with Crippen LogP contribution in [0.1, 0.15) is 13.8 Å². The molecule has 0 aliphatic rings. The Morgan fingerprint density at radius 3 is 1.43 bits per heavy atom. The van der Waals surface area contributed by atoms with Gasteiger partial charge in [-0.25, -0.2) is 0 Å². The van der Waals surface area contributed by atoms with Gasteiger partial charge in [-0.3, -0.25) is 0 Å². The van der Waals surface area contributed by atoms with Gasteiger partial charge < -0.3 is 16.8 Å². The van der Waals surface area contributed by atoms with Crippen molar-refractivity contribution in [1.82, 2.24) is 0 Å². The molecule has 0 N–H and O–H groups in total. The van der Waals surface area contributed by atoms with E-state index in [4.69, 9.17) is 16.8 Å². The van der Waals surface area contributed by atoms with E-state index in [9.17, 15) is 0 Å². The average Bonchev–Trinajstić information content (AvgIpc) is 2.04. The summed E-state index contributed by atoms with van der Waals surface area (Å²) in [6.07, 6.45) is 0. The van der Waals surface area contributed by atoms with Crippen LogP contribution in [0.25, 0.3) is 0 Å². The summed E-state index contributed by atoms with van der Waals surface area (Å²) in [7, 11) is -9.14. The molecular formula is C14H40O4Si5. The molecular weight excluding hydrogens is 373 g/mol. The molecule has 0 radical (unpaired) electrons. The Morgan fingerprint density at radius 1 is 0.652 bits per heavy atom. The Balaban J connectivity index is 4.91. The number of hydrogen-bond acceptors (Lipinski definition) is 4. The van der Waals surface area contributed by atoms with Gasteiger partial charge in [-0.1, -0.05) is 0 Å². The lowest BCUT2D eigenvalue weighted by Crippen LogP contribution is -2.58. The van der Waals surface area contributed by atoms with E-state index < -0.39 is 42.8 Å². The van der Waals surface area contributed by atoms with Crippen LogP contribution in [-0.2, 0) is 16.8 Å². The predicted molar refractivity (Wildman–Crippen MR) is 113 cm³/mol. The lowest BCUT2D eigenvalue weighted by Gasteiger charge is -2.42. The summed E-state index contributed by atoms with van der Waals surface area (Å²) >= 11 is 0. The smallest absolute Gasteiger partial charge is 0.312 e. The highest BCUT2D eigenvalue weighted by atomic mass is 28.5. The zero-order valence-corrected chi connectivity index (χ0v) is 22.9. The predicted octanol–water partition coefficient (Wildman–Crippen LogP) is 4.80. The minimum absolute atomic E-state index is 0.177. The van der Waals surface area contributed by atoms with Gasteiger partial charge in [0.1, 0.15) is 0 Å². The quantitative estimate of drug-likeness (QED) is 0.510. The Bertz CT molecular complexity index is 386. The van der Waals surface area contributed by atoms with Crippen LogP contribution in [0.15, 0.2) is 0 Å². The molecule has 0 heterocycles. The Labute approximate surface area is 150 Å². The third-order valence-corrected chi connectivity index (χ3v) is 18.5. The van der Waals surface area contributed by atoms with Gasteiger partial charge in [0, 0.05) is 0 Å². The molecule has 0 aliphatic carbocycles. The van der Waals surface area contributed by atoms with Crippen LogP contribution in [0.5, 0.6) is 0 Å². The van der Waals surface area contributed by atoms with Gasteiger partial charge in [-0.15, -0.1) is 0 Å². The second-order valence-corrected chi connectivity index (χ2v) is 29.2. The lowest BCUT2D eigenvalue weighted by atomic mass is 10.5. The number of rotatable bonds is 9. The summed E-state index contributed by atoms with van der Waals surface area (Å²) in [6.45, 7) is 28.5. The van der Waals surface area contributed by atoms with E-state index in [0.717, 1.165) is 0 Å². The first-order valence-electron chi connectivity index (χ1n) is 8.53. The molecule has 0 aromatic heterocycles. The summed E-state index contributed by atoms with van der Waals surface area (Å²) in [5, 5.41) is -0.177. The first kappa shape index (κ1) is 23.9. The maximum atomic E-state index is 6.52. The SMILES string of the molecule is C[SiH](O[Si](C)(C)O[Si](C)(C)O[Si](C)(C)C)C(C)(C)O[Si](C)(C)C. The first-order valence-corrected chi connectivity index (χ1v) is 23.2. The van der Waals surface area contributed by atoms with E-state index in [2.05, 4.69) is 85.9 Å². The van der Waals surface area contributed by atoms with Crippen molar-refractivity contribution in [2.45, 2.75) is 91.1 Å². The molecule has 140 valence electrons. The van der Waals surface area contributed by atoms with Crippen molar-refractivity contribution < 1.29 is 16.8 Å². The molecule has 0 aromatic rings. The van der Waals surface area contributed by atoms with Crippen LogP contribution in [0, 0.1) is 0 Å². The van der Waals surface area contributed by atoms with Crippen molar-refractivity contribution >= 4 is 42.8 Å². The molecule has 0 rings (SSSR count). The van der Waals surface area contributed by atoms with Crippen molar-refractivity contribution in [1.29, 1.82) is 0 Å². The Hall–Kier alpha value is 0.924. The maximum Gasteiger partial charge on any atom is 0.312 e. The highest BCUT2D eigenvalue weighted by molar-refractivity contribution is 6.87. The normalized spacial score (nSPS) is 16.6. The van der Waals surface area contributed by atoms with E-state index in [-0.39, 0.29) is 5.22 Å². The van der Waals surface area contributed by atoms with Crippen LogP contribution < -0.4 is 0 Å². The molecule has 0 spiro atoms. The highest BCUT2D eigenvalue weighted by Crippen LogP contribution is 2.26. The lowest BCUT2D eigenvalue weighted by molar-refractivity contribution is 0.162. The van der Waals surface area contributed by atoms with Crippen LogP contribution in [0.3, 0.4) is 0 Å². The zero-order chi connectivity index (χ0) is 18.9. The van der Waals surface area contributed by atoms with Gasteiger partial charge in [0.2, 0.25) is 0 Å². The average molecular weight is 413 g/mol. The molecule has 4 nitrogen and oxygen atoms in total. The third kappa shape index (κ3) is 11.2. The third-order valence-electron chi connectivity index (χ3n) is 3.05. The number of hydrogen-bond donors (Lipinski definition) is 0. The van der Waals surface area contributed by atoms with Gasteiger partial charge in [0.25, 0.3) is 0 Å². The van der Waals surface area contributed by atoms with Crippen LogP contribution in [0.2, 0.25) is 72.0 Å².